The van der Waals surface area contributed by atoms with Crippen molar-refractivity contribution in [2.75, 3.05) is 6.54 Å². The Balaban J connectivity index is 1.74. The van der Waals surface area contributed by atoms with E-state index in [2.05, 4.69) is 5.32 Å². The van der Waals surface area contributed by atoms with Gasteiger partial charge in [0.2, 0.25) is 0 Å². The predicted molar refractivity (Wildman–Crippen MR) is 49.8 cm³/mol. The third-order valence-corrected chi connectivity index (χ3v) is 2.51. The van der Waals surface area contributed by atoms with Crippen molar-refractivity contribution in [1.29, 1.82) is 0 Å². The van der Waals surface area contributed by atoms with Gasteiger partial charge in [-0.2, -0.15) is 0 Å². The Morgan fingerprint density at radius 1 is 1.64 bits per heavy atom. The van der Waals surface area contributed by atoms with E-state index in [1.165, 1.54) is 6.26 Å². The van der Waals surface area contributed by atoms with Gasteiger partial charge in [0.05, 0.1) is 12.4 Å². The van der Waals surface area contributed by atoms with Gasteiger partial charge in [0.25, 0.3) is 5.91 Å². The summed E-state index contributed by atoms with van der Waals surface area (Å²) < 4.78 is 4.94. The number of carbonyl (C=O) groups is 1. The lowest BCUT2D eigenvalue weighted by Gasteiger charge is -2.31. The number of aliphatic hydroxyl groups excluding tert-OH is 1. The molecule has 0 bridgehead atoms. The molecule has 0 aliphatic heterocycles. The molecule has 0 spiro atoms. The minimum Gasteiger partial charge on any atom is -0.459 e. The fourth-order valence-electron chi connectivity index (χ4n) is 1.60. The largest absolute Gasteiger partial charge is 0.459 e. The zero-order chi connectivity index (χ0) is 9.97. The Hall–Kier alpha value is -1.29. The number of hydrogen-bond acceptors (Lipinski definition) is 3. The van der Waals surface area contributed by atoms with Crippen LogP contribution >= 0.6 is 0 Å². The zero-order valence-corrected chi connectivity index (χ0v) is 7.77. The van der Waals surface area contributed by atoms with E-state index in [1.54, 1.807) is 12.1 Å². The molecule has 2 N–H and O–H groups in total. The minimum absolute atomic E-state index is 0.166. The molecule has 1 saturated carbocycles. The van der Waals surface area contributed by atoms with E-state index in [9.17, 15) is 4.79 Å². The average Bonchev–Trinajstić information content (AvgIpc) is 2.62. The van der Waals surface area contributed by atoms with Crippen molar-refractivity contribution in [3.63, 3.8) is 0 Å². The Labute approximate surface area is 81.9 Å². The Morgan fingerprint density at radius 3 is 3.00 bits per heavy atom. The van der Waals surface area contributed by atoms with E-state index in [-0.39, 0.29) is 12.0 Å². The van der Waals surface area contributed by atoms with Crippen LogP contribution in [-0.4, -0.2) is 23.7 Å². The van der Waals surface area contributed by atoms with Gasteiger partial charge in [-0.05, 0) is 30.9 Å². The molecule has 2 rings (SSSR count). The van der Waals surface area contributed by atoms with Crippen molar-refractivity contribution in [2.45, 2.75) is 18.9 Å². The second-order valence-corrected chi connectivity index (χ2v) is 3.68. The van der Waals surface area contributed by atoms with Crippen LogP contribution in [0.2, 0.25) is 0 Å². The maximum atomic E-state index is 11.4. The normalized spacial score (nSPS) is 25.5. The lowest BCUT2D eigenvalue weighted by Crippen LogP contribution is -2.38. The Kier molecular flexibility index (Phi) is 2.54. The molecule has 0 atom stereocenters. The highest BCUT2D eigenvalue weighted by Gasteiger charge is 2.27. The second kappa shape index (κ2) is 3.84. The summed E-state index contributed by atoms with van der Waals surface area (Å²) in [6.07, 6.45) is 2.89. The fourth-order valence-corrected chi connectivity index (χ4v) is 1.60. The summed E-state index contributed by atoms with van der Waals surface area (Å²) in [5.74, 6) is 0.574. The van der Waals surface area contributed by atoms with Crippen LogP contribution in [0.25, 0.3) is 0 Å². The smallest absolute Gasteiger partial charge is 0.286 e. The number of nitrogens with one attached hydrogen (secondary N) is 1. The highest BCUT2D eigenvalue weighted by molar-refractivity contribution is 5.91. The number of rotatable bonds is 3. The molecule has 1 aliphatic carbocycles. The summed E-state index contributed by atoms with van der Waals surface area (Å²) in [6.45, 7) is 0.622. The number of amides is 1. The first-order valence-electron chi connectivity index (χ1n) is 4.75. The van der Waals surface area contributed by atoms with E-state index in [0.717, 1.165) is 12.8 Å². The van der Waals surface area contributed by atoms with Crippen LogP contribution in [0.15, 0.2) is 22.8 Å². The first-order chi connectivity index (χ1) is 6.75. The lowest BCUT2D eigenvalue weighted by atomic mass is 9.82. The fraction of sp³-hybridized carbons (Fsp3) is 0.500. The second-order valence-electron chi connectivity index (χ2n) is 3.68. The van der Waals surface area contributed by atoms with Crippen molar-refractivity contribution >= 4 is 5.91 Å². The third-order valence-electron chi connectivity index (χ3n) is 2.51. The molecule has 76 valence electrons. The molecule has 1 aliphatic rings. The van der Waals surface area contributed by atoms with Crippen LogP contribution in [0.1, 0.15) is 23.4 Å². The summed E-state index contributed by atoms with van der Waals surface area (Å²) in [6, 6.07) is 3.31. The van der Waals surface area contributed by atoms with Gasteiger partial charge in [0.15, 0.2) is 5.76 Å². The summed E-state index contributed by atoms with van der Waals surface area (Å²) in [5.41, 5.74) is 0. The topological polar surface area (TPSA) is 62.5 Å². The van der Waals surface area contributed by atoms with Gasteiger partial charge in [-0.3, -0.25) is 4.79 Å². The molecule has 1 amide bonds. The maximum absolute atomic E-state index is 11.4. The van der Waals surface area contributed by atoms with Gasteiger partial charge in [-0.25, -0.2) is 0 Å². The van der Waals surface area contributed by atoms with Gasteiger partial charge < -0.3 is 14.8 Å². The number of carbonyl (C=O) groups excluding carboxylic acids is 1. The summed E-state index contributed by atoms with van der Waals surface area (Å²) in [5, 5.41) is 11.8. The first-order valence-corrected chi connectivity index (χ1v) is 4.75. The third kappa shape index (κ3) is 1.96. The molecule has 1 aromatic heterocycles. The monoisotopic (exact) mass is 195 g/mol. The molecule has 4 heteroatoms. The molecular weight excluding hydrogens is 182 g/mol. The zero-order valence-electron chi connectivity index (χ0n) is 7.77. The molecule has 0 aromatic carbocycles. The molecule has 1 fully saturated rings. The Bertz CT molecular complexity index is 301. The maximum Gasteiger partial charge on any atom is 0.286 e. The van der Waals surface area contributed by atoms with Crippen LogP contribution in [-0.2, 0) is 0 Å². The molecule has 1 heterocycles. The molecule has 14 heavy (non-hydrogen) atoms. The standard InChI is InChI=1S/C10H13NO3/c12-8-4-7(5-8)6-11-10(13)9-2-1-3-14-9/h1-3,7-8,12H,4-6H2,(H,11,13). The molecule has 0 saturated heterocycles. The summed E-state index contributed by atoms with van der Waals surface area (Å²) in [7, 11) is 0. The number of furan rings is 1. The number of hydrogen-bond donors (Lipinski definition) is 2. The SMILES string of the molecule is O=C(NCC1CC(O)C1)c1ccco1. The van der Waals surface area contributed by atoms with Crippen molar-refractivity contribution in [3.8, 4) is 0 Å². The van der Waals surface area contributed by atoms with Crippen LogP contribution < -0.4 is 5.32 Å². The van der Waals surface area contributed by atoms with Crippen molar-refractivity contribution in [2.24, 2.45) is 5.92 Å². The Morgan fingerprint density at radius 2 is 2.43 bits per heavy atom. The summed E-state index contributed by atoms with van der Waals surface area (Å²) >= 11 is 0. The van der Waals surface area contributed by atoms with Crippen molar-refractivity contribution in [3.05, 3.63) is 24.2 Å². The highest BCUT2D eigenvalue weighted by Crippen LogP contribution is 2.26. The first kappa shape index (κ1) is 9.27. The molecule has 4 nitrogen and oxygen atoms in total. The van der Waals surface area contributed by atoms with E-state index in [1.807, 2.05) is 0 Å². The summed E-state index contributed by atoms with van der Waals surface area (Å²) in [4.78, 5) is 11.4. The molecule has 1 aromatic rings. The molecular formula is C10H13NO3. The van der Waals surface area contributed by atoms with Crippen LogP contribution in [0, 0.1) is 5.92 Å². The van der Waals surface area contributed by atoms with Gasteiger partial charge in [-0.15, -0.1) is 0 Å². The van der Waals surface area contributed by atoms with Crippen molar-refractivity contribution in [1.82, 2.24) is 5.32 Å². The minimum atomic E-state index is -0.184. The van der Waals surface area contributed by atoms with E-state index in [4.69, 9.17) is 9.52 Å². The van der Waals surface area contributed by atoms with Gasteiger partial charge >= 0.3 is 0 Å². The van der Waals surface area contributed by atoms with Crippen LogP contribution in [0.5, 0.6) is 0 Å². The predicted octanol–water partition coefficient (Wildman–Crippen LogP) is 0.780. The van der Waals surface area contributed by atoms with Gasteiger partial charge in [-0.1, -0.05) is 0 Å². The average molecular weight is 195 g/mol. The molecule has 0 radical (unpaired) electrons. The quantitative estimate of drug-likeness (QED) is 0.749. The van der Waals surface area contributed by atoms with E-state index < -0.39 is 0 Å². The van der Waals surface area contributed by atoms with Crippen molar-refractivity contribution < 1.29 is 14.3 Å². The van der Waals surface area contributed by atoms with Gasteiger partial charge in [0.1, 0.15) is 0 Å². The van der Waals surface area contributed by atoms with E-state index >= 15 is 0 Å². The van der Waals surface area contributed by atoms with Crippen LogP contribution in [0.4, 0.5) is 0 Å². The van der Waals surface area contributed by atoms with Crippen LogP contribution in [0.3, 0.4) is 0 Å². The number of aliphatic hydroxyl groups is 1. The lowest BCUT2D eigenvalue weighted by molar-refractivity contribution is 0.0417. The highest BCUT2D eigenvalue weighted by atomic mass is 16.3. The molecule has 0 unspecified atom stereocenters. The van der Waals surface area contributed by atoms with E-state index in [0.29, 0.717) is 18.2 Å². The van der Waals surface area contributed by atoms with Gasteiger partial charge in [0, 0.05) is 6.54 Å².